The third-order valence-electron chi connectivity index (χ3n) is 2.85. The first kappa shape index (κ1) is 14.3. The van der Waals surface area contributed by atoms with Crippen molar-refractivity contribution < 1.29 is 9.47 Å². The summed E-state index contributed by atoms with van der Waals surface area (Å²) in [7, 11) is 0. The minimum Gasteiger partial charge on any atom is -0.492 e. The van der Waals surface area contributed by atoms with Gasteiger partial charge in [0.15, 0.2) is 0 Å². The van der Waals surface area contributed by atoms with Crippen molar-refractivity contribution in [3.05, 3.63) is 54.6 Å². The molecule has 1 atom stereocenters. The summed E-state index contributed by atoms with van der Waals surface area (Å²) >= 11 is 0. The van der Waals surface area contributed by atoms with E-state index in [1.807, 2.05) is 68.4 Å². The molecule has 2 rings (SSSR count). The standard InChI is InChI=1S/C17H21NO2/c1-3-19-17-12-8-7-11-16(17)18-13-14(2)20-15-9-5-4-6-10-15/h4-12,14,18H,3,13H2,1-2H3. The molecule has 0 aliphatic carbocycles. The monoisotopic (exact) mass is 271 g/mol. The third-order valence-corrected chi connectivity index (χ3v) is 2.85. The molecule has 0 saturated heterocycles. The van der Waals surface area contributed by atoms with Gasteiger partial charge in [0.2, 0.25) is 0 Å². The molecule has 0 heterocycles. The van der Waals surface area contributed by atoms with E-state index in [2.05, 4.69) is 5.32 Å². The maximum Gasteiger partial charge on any atom is 0.142 e. The van der Waals surface area contributed by atoms with E-state index < -0.39 is 0 Å². The van der Waals surface area contributed by atoms with Crippen LogP contribution in [-0.2, 0) is 0 Å². The van der Waals surface area contributed by atoms with Gasteiger partial charge in [0, 0.05) is 0 Å². The largest absolute Gasteiger partial charge is 0.492 e. The molecule has 0 amide bonds. The van der Waals surface area contributed by atoms with Gasteiger partial charge < -0.3 is 14.8 Å². The Balaban J connectivity index is 1.88. The molecular weight excluding hydrogens is 250 g/mol. The molecule has 0 radical (unpaired) electrons. The molecule has 3 heteroatoms. The van der Waals surface area contributed by atoms with Crippen molar-refractivity contribution in [2.45, 2.75) is 20.0 Å². The number of rotatable bonds is 7. The van der Waals surface area contributed by atoms with E-state index in [0.717, 1.165) is 23.7 Å². The molecule has 0 saturated carbocycles. The molecule has 106 valence electrons. The molecular formula is C17H21NO2. The Morgan fingerprint density at radius 2 is 1.70 bits per heavy atom. The van der Waals surface area contributed by atoms with Crippen molar-refractivity contribution >= 4 is 5.69 Å². The molecule has 0 bridgehead atoms. The van der Waals surface area contributed by atoms with Crippen LogP contribution in [0.3, 0.4) is 0 Å². The summed E-state index contributed by atoms with van der Waals surface area (Å²) in [5, 5.41) is 3.37. The minimum absolute atomic E-state index is 0.0760. The SMILES string of the molecule is CCOc1ccccc1NCC(C)Oc1ccccc1. The highest BCUT2D eigenvalue weighted by atomic mass is 16.5. The van der Waals surface area contributed by atoms with Crippen LogP contribution in [0.1, 0.15) is 13.8 Å². The van der Waals surface area contributed by atoms with Crippen LogP contribution in [0.2, 0.25) is 0 Å². The lowest BCUT2D eigenvalue weighted by Gasteiger charge is -2.17. The fourth-order valence-corrected chi connectivity index (χ4v) is 1.92. The smallest absolute Gasteiger partial charge is 0.142 e. The van der Waals surface area contributed by atoms with Crippen LogP contribution in [0.4, 0.5) is 5.69 Å². The van der Waals surface area contributed by atoms with E-state index in [4.69, 9.17) is 9.47 Å². The number of ether oxygens (including phenoxy) is 2. The molecule has 2 aromatic carbocycles. The molecule has 2 aromatic rings. The predicted octanol–water partition coefficient (Wildman–Crippen LogP) is 3.96. The Morgan fingerprint density at radius 3 is 2.45 bits per heavy atom. The third kappa shape index (κ3) is 4.19. The summed E-state index contributed by atoms with van der Waals surface area (Å²) < 4.78 is 11.4. The van der Waals surface area contributed by atoms with Crippen LogP contribution in [0.15, 0.2) is 54.6 Å². The average Bonchev–Trinajstić information content (AvgIpc) is 2.48. The number of hydrogen-bond acceptors (Lipinski definition) is 3. The van der Waals surface area contributed by atoms with E-state index in [0.29, 0.717) is 6.61 Å². The van der Waals surface area contributed by atoms with Crippen LogP contribution < -0.4 is 14.8 Å². The summed E-state index contributed by atoms with van der Waals surface area (Å²) in [5.41, 5.74) is 0.998. The number of para-hydroxylation sites is 3. The van der Waals surface area contributed by atoms with Gasteiger partial charge in [0.05, 0.1) is 18.8 Å². The Kier molecular flexibility index (Phi) is 5.30. The van der Waals surface area contributed by atoms with Crippen molar-refractivity contribution in [1.82, 2.24) is 0 Å². The predicted molar refractivity (Wildman–Crippen MR) is 82.6 cm³/mol. The van der Waals surface area contributed by atoms with E-state index in [1.54, 1.807) is 0 Å². The van der Waals surface area contributed by atoms with E-state index in [1.165, 1.54) is 0 Å². The quantitative estimate of drug-likeness (QED) is 0.826. The van der Waals surface area contributed by atoms with Gasteiger partial charge in [0.1, 0.15) is 17.6 Å². The molecule has 0 spiro atoms. The molecule has 20 heavy (non-hydrogen) atoms. The molecule has 1 unspecified atom stereocenters. The highest BCUT2D eigenvalue weighted by molar-refractivity contribution is 5.56. The summed E-state index contributed by atoms with van der Waals surface area (Å²) in [6, 6.07) is 17.8. The minimum atomic E-state index is 0.0760. The first-order chi connectivity index (χ1) is 9.79. The zero-order chi connectivity index (χ0) is 14.2. The second-order valence-corrected chi connectivity index (χ2v) is 4.55. The Labute approximate surface area is 120 Å². The summed E-state index contributed by atoms with van der Waals surface area (Å²) in [6.45, 7) is 5.41. The maximum atomic E-state index is 5.83. The summed E-state index contributed by atoms with van der Waals surface area (Å²) in [4.78, 5) is 0. The van der Waals surface area contributed by atoms with Crippen LogP contribution in [0.25, 0.3) is 0 Å². The van der Waals surface area contributed by atoms with Crippen LogP contribution >= 0.6 is 0 Å². The first-order valence-corrected chi connectivity index (χ1v) is 6.97. The van der Waals surface area contributed by atoms with Gasteiger partial charge in [-0.3, -0.25) is 0 Å². The number of anilines is 1. The molecule has 1 N–H and O–H groups in total. The van der Waals surface area contributed by atoms with Gasteiger partial charge in [-0.05, 0) is 38.1 Å². The number of nitrogens with one attached hydrogen (secondary N) is 1. The van der Waals surface area contributed by atoms with Crippen molar-refractivity contribution in [2.24, 2.45) is 0 Å². The lowest BCUT2D eigenvalue weighted by atomic mass is 10.2. The second-order valence-electron chi connectivity index (χ2n) is 4.55. The van der Waals surface area contributed by atoms with Gasteiger partial charge in [-0.15, -0.1) is 0 Å². The Hall–Kier alpha value is -2.16. The Morgan fingerprint density at radius 1 is 1.00 bits per heavy atom. The lowest BCUT2D eigenvalue weighted by molar-refractivity contribution is 0.234. The van der Waals surface area contributed by atoms with E-state index in [-0.39, 0.29) is 6.10 Å². The van der Waals surface area contributed by atoms with Crippen molar-refractivity contribution in [3.8, 4) is 11.5 Å². The van der Waals surface area contributed by atoms with Gasteiger partial charge in [0.25, 0.3) is 0 Å². The molecule has 3 nitrogen and oxygen atoms in total. The van der Waals surface area contributed by atoms with Crippen LogP contribution in [-0.4, -0.2) is 19.3 Å². The van der Waals surface area contributed by atoms with Gasteiger partial charge in [-0.1, -0.05) is 30.3 Å². The van der Waals surface area contributed by atoms with Crippen molar-refractivity contribution in [3.63, 3.8) is 0 Å². The van der Waals surface area contributed by atoms with Gasteiger partial charge in [-0.25, -0.2) is 0 Å². The zero-order valence-electron chi connectivity index (χ0n) is 12.0. The lowest BCUT2D eigenvalue weighted by Crippen LogP contribution is -2.22. The highest BCUT2D eigenvalue weighted by Gasteiger charge is 2.06. The molecule has 0 aliphatic rings. The topological polar surface area (TPSA) is 30.5 Å². The number of benzene rings is 2. The Bertz CT molecular complexity index is 513. The normalized spacial score (nSPS) is 11.7. The fourth-order valence-electron chi connectivity index (χ4n) is 1.92. The molecule has 0 aliphatic heterocycles. The summed E-state index contributed by atoms with van der Waals surface area (Å²) in [5.74, 6) is 1.77. The molecule has 0 aromatic heterocycles. The number of hydrogen-bond donors (Lipinski definition) is 1. The fraction of sp³-hybridized carbons (Fsp3) is 0.294. The first-order valence-electron chi connectivity index (χ1n) is 6.97. The van der Waals surface area contributed by atoms with Gasteiger partial charge in [-0.2, -0.15) is 0 Å². The van der Waals surface area contributed by atoms with Crippen molar-refractivity contribution in [2.75, 3.05) is 18.5 Å². The maximum absolute atomic E-state index is 5.83. The summed E-state index contributed by atoms with van der Waals surface area (Å²) in [6.07, 6.45) is 0.0760. The second kappa shape index (κ2) is 7.43. The average molecular weight is 271 g/mol. The molecule has 0 fully saturated rings. The van der Waals surface area contributed by atoms with E-state index >= 15 is 0 Å². The van der Waals surface area contributed by atoms with Crippen LogP contribution in [0.5, 0.6) is 11.5 Å². The van der Waals surface area contributed by atoms with Crippen LogP contribution in [0, 0.1) is 0 Å². The van der Waals surface area contributed by atoms with E-state index in [9.17, 15) is 0 Å². The van der Waals surface area contributed by atoms with Crippen molar-refractivity contribution in [1.29, 1.82) is 0 Å². The highest BCUT2D eigenvalue weighted by Crippen LogP contribution is 2.23. The zero-order valence-corrected chi connectivity index (χ0v) is 12.0. The van der Waals surface area contributed by atoms with Gasteiger partial charge >= 0.3 is 0 Å².